The second kappa shape index (κ2) is 6.95. The van der Waals surface area contributed by atoms with Crippen molar-refractivity contribution in [2.24, 2.45) is 0 Å². The summed E-state index contributed by atoms with van der Waals surface area (Å²) in [5.74, 6) is 4.53. The number of rotatable bonds is 6. The lowest BCUT2D eigenvalue weighted by Crippen LogP contribution is -2.16. The Labute approximate surface area is 101 Å². The Hall–Kier alpha value is -0.430. The first-order valence-electron chi connectivity index (χ1n) is 5.02. The molecule has 1 heterocycles. The van der Waals surface area contributed by atoms with Gasteiger partial charge in [-0.25, -0.2) is 0 Å². The smallest absolute Gasteiger partial charge is 0.0545 e. The van der Waals surface area contributed by atoms with Crippen molar-refractivity contribution in [3.63, 3.8) is 0 Å². The van der Waals surface area contributed by atoms with Crippen LogP contribution < -0.4 is 5.32 Å². The van der Waals surface area contributed by atoms with Gasteiger partial charge < -0.3 is 5.32 Å². The van der Waals surface area contributed by atoms with Crippen molar-refractivity contribution in [1.29, 1.82) is 0 Å². The molecular formula is C12H17NS2. The molecule has 0 aliphatic carbocycles. The predicted molar refractivity (Wildman–Crippen MR) is 71.7 cm³/mol. The third kappa shape index (κ3) is 4.74. The molecule has 1 N–H and O–H groups in total. The molecule has 1 nitrogen and oxygen atoms in total. The third-order valence-electron chi connectivity index (χ3n) is 2.07. The summed E-state index contributed by atoms with van der Waals surface area (Å²) in [6.45, 7) is 6.35. The molecule has 0 saturated heterocycles. The van der Waals surface area contributed by atoms with Gasteiger partial charge in [0.2, 0.25) is 0 Å². The first-order chi connectivity index (χ1) is 7.24. The normalized spacial score (nSPS) is 10.2. The van der Waals surface area contributed by atoms with E-state index in [1.165, 1.54) is 15.3 Å². The zero-order valence-corrected chi connectivity index (χ0v) is 10.9. The van der Waals surface area contributed by atoms with Gasteiger partial charge in [-0.15, -0.1) is 29.5 Å². The highest BCUT2D eigenvalue weighted by Gasteiger charge is 2.01. The molecule has 0 aliphatic heterocycles. The molecule has 1 aromatic rings. The Kier molecular flexibility index (Phi) is 5.85. The molecule has 0 fully saturated rings. The quantitative estimate of drug-likeness (QED) is 0.605. The van der Waals surface area contributed by atoms with E-state index in [1.54, 1.807) is 11.8 Å². The van der Waals surface area contributed by atoms with Crippen molar-refractivity contribution in [1.82, 2.24) is 5.32 Å². The van der Waals surface area contributed by atoms with E-state index in [9.17, 15) is 0 Å². The van der Waals surface area contributed by atoms with Crippen LogP contribution in [0.5, 0.6) is 0 Å². The van der Waals surface area contributed by atoms with Crippen molar-refractivity contribution >= 4 is 23.1 Å². The lowest BCUT2D eigenvalue weighted by atomic mass is 10.2. The van der Waals surface area contributed by atoms with Crippen molar-refractivity contribution < 1.29 is 0 Å². The minimum atomic E-state index is 0.818. The van der Waals surface area contributed by atoms with E-state index in [0.29, 0.717) is 0 Å². The van der Waals surface area contributed by atoms with Crippen LogP contribution in [0.2, 0.25) is 0 Å². The highest BCUT2D eigenvalue weighted by Crippen LogP contribution is 2.20. The first kappa shape index (κ1) is 12.6. The standard InChI is InChI=1S/C12H17NS2/c1-4-6-14-7-5-13-9-12-8-10(2)15-11(12)3/h1,8,13H,5-7,9H2,2-3H3. The van der Waals surface area contributed by atoms with Gasteiger partial charge in [0.15, 0.2) is 0 Å². The maximum absolute atomic E-state index is 5.17. The molecule has 1 rings (SSSR count). The average Bonchev–Trinajstić information content (AvgIpc) is 2.51. The summed E-state index contributed by atoms with van der Waals surface area (Å²) >= 11 is 3.67. The minimum absolute atomic E-state index is 0.818. The number of terminal acetylenes is 1. The average molecular weight is 239 g/mol. The van der Waals surface area contributed by atoms with Crippen molar-refractivity contribution in [2.45, 2.75) is 20.4 Å². The van der Waals surface area contributed by atoms with Crippen LogP contribution in [0.4, 0.5) is 0 Å². The Morgan fingerprint density at radius 3 is 2.93 bits per heavy atom. The van der Waals surface area contributed by atoms with E-state index in [1.807, 2.05) is 11.3 Å². The fourth-order valence-corrected chi connectivity index (χ4v) is 2.85. The number of hydrogen-bond donors (Lipinski definition) is 1. The Morgan fingerprint density at radius 1 is 1.53 bits per heavy atom. The second-order valence-corrected chi connectivity index (χ2v) is 5.94. The molecule has 0 bridgehead atoms. The van der Waals surface area contributed by atoms with E-state index >= 15 is 0 Å². The molecule has 1 aromatic heterocycles. The highest BCUT2D eigenvalue weighted by molar-refractivity contribution is 7.99. The largest absolute Gasteiger partial charge is 0.312 e. The van der Waals surface area contributed by atoms with E-state index in [4.69, 9.17) is 6.42 Å². The fraction of sp³-hybridized carbons (Fsp3) is 0.500. The van der Waals surface area contributed by atoms with Crippen LogP contribution in [0, 0.1) is 26.2 Å². The molecule has 0 saturated carbocycles. The van der Waals surface area contributed by atoms with Crippen LogP contribution in [0.25, 0.3) is 0 Å². The fourth-order valence-electron chi connectivity index (χ4n) is 1.36. The summed E-state index contributed by atoms with van der Waals surface area (Å²) in [7, 11) is 0. The Bertz CT molecular complexity index is 336. The Balaban J connectivity index is 2.15. The number of nitrogens with one attached hydrogen (secondary N) is 1. The number of aryl methyl sites for hydroxylation is 2. The van der Waals surface area contributed by atoms with E-state index in [-0.39, 0.29) is 0 Å². The minimum Gasteiger partial charge on any atom is -0.312 e. The molecule has 3 heteroatoms. The topological polar surface area (TPSA) is 12.0 Å². The van der Waals surface area contributed by atoms with Crippen LogP contribution >= 0.6 is 23.1 Å². The van der Waals surface area contributed by atoms with Gasteiger partial charge >= 0.3 is 0 Å². The summed E-state index contributed by atoms with van der Waals surface area (Å²) < 4.78 is 0. The summed E-state index contributed by atoms with van der Waals surface area (Å²) in [6, 6.07) is 2.27. The molecule has 15 heavy (non-hydrogen) atoms. The van der Waals surface area contributed by atoms with Gasteiger partial charge in [0.25, 0.3) is 0 Å². The van der Waals surface area contributed by atoms with Gasteiger partial charge in [0.1, 0.15) is 0 Å². The van der Waals surface area contributed by atoms with Gasteiger partial charge in [0, 0.05) is 28.6 Å². The SMILES string of the molecule is C#CCSCCNCc1cc(C)sc1C. The number of thioether (sulfide) groups is 1. The zero-order chi connectivity index (χ0) is 11.1. The van der Waals surface area contributed by atoms with Crippen LogP contribution in [0.1, 0.15) is 15.3 Å². The van der Waals surface area contributed by atoms with Gasteiger partial charge in [-0.3, -0.25) is 0 Å². The Morgan fingerprint density at radius 2 is 2.33 bits per heavy atom. The van der Waals surface area contributed by atoms with Crippen molar-refractivity contribution in [3.05, 3.63) is 21.4 Å². The molecular weight excluding hydrogens is 222 g/mol. The zero-order valence-electron chi connectivity index (χ0n) is 9.30. The number of hydrogen-bond acceptors (Lipinski definition) is 3. The van der Waals surface area contributed by atoms with Crippen LogP contribution in [0.15, 0.2) is 6.07 Å². The summed E-state index contributed by atoms with van der Waals surface area (Å²) in [4.78, 5) is 2.82. The molecule has 0 radical (unpaired) electrons. The maximum atomic E-state index is 5.17. The van der Waals surface area contributed by atoms with Gasteiger partial charge in [-0.05, 0) is 25.5 Å². The van der Waals surface area contributed by atoms with Gasteiger partial charge in [-0.2, -0.15) is 0 Å². The molecule has 0 atom stereocenters. The lowest BCUT2D eigenvalue weighted by molar-refractivity contribution is 0.731. The maximum Gasteiger partial charge on any atom is 0.0545 e. The predicted octanol–water partition coefficient (Wildman–Crippen LogP) is 2.82. The summed E-state index contributed by atoms with van der Waals surface area (Å²) in [5, 5.41) is 3.43. The molecule has 0 aliphatic rings. The number of thiophene rings is 1. The van der Waals surface area contributed by atoms with Gasteiger partial charge in [-0.1, -0.05) is 5.92 Å². The highest BCUT2D eigenvalue weighted by atomic mass is 32.2. The first-order valence-corrected chi connectivity index (χ1v) is 6.99. The van der Waals surface area contributed by atoms with E-state index < -0.39 is 0 Å². The van der Waals surface area contributed by atoms with Gasteiger partial charge in [0.05, 0.1) is 5.75 Å². The van der Waals surface area contributed by atoms with E-state index in [0.717, 1.165) is 24.6 Å². The summed E-state index contributed by atoms with van der Waals surface area (Å²) in [5.41, 5.74) is 1.43. The van der Waals surface area contributed by atoms with Crippen LogP contribution in [-0.4, -0.2) is 18.1 Å². The molecule has 0 spiro atoms. The molecule has 0 unspecified atom stereocenters. The lowest BCUT2D eigenvalue weighted by Gasteiger charge is -2.02. The van der Waals surface area contributed by atoms with Crippen LogP contribution in [-0.2, 0) is 6.54 Å². The molecule has 0 aromatic carbocycles. The van der Waals surface area contributed by atoms with Crippen LogP contribution in [0.3, 0.4) is 0 Å². The molecule has 82 valence electrons. The monoisotopic (exact) mass is 239 g/mol. The van der Waals surface area contributed by atoms with Crippen molar-refractivity contribution in [3.8, 4) is 12.3 Å². The summed E-state index contributed by atoms with van der Waals surface area (Å²) in [6.07, 6.45) is 5.17. The van der Waals surface area contributed by atoms with E-state index in [2.05, 4.69) is 31.2 Å². The second-order valence-electron chi connectivity index (χ2n) is 3.37. The van der Waals surface area contributed by atoms with Crippen molar-refractivity contribution in [2.75, 3.05) is 18.1 Å². The molecule has 0 amide bonds. The third-order valence-corrected chi connectivity index (χ3v) is 3.94.